The molecule has 0 aliphatic carbocycles. The molecule has 1 nitrogen and oxygen atoms in total. The lowest BCUT2D eigenvalue weighted by Gasteiger charge is -2.07. The minimum absolute atomic E-state index is 0.105. The molecule has 0 saturated carbocycles. The summed E-state index contributed by atoms with van der Waals surface area (Å²) < 4.78 is 41.6. The largest absolute Gasteiger partial charge is 0.209 e. The summed E-state index contributed by atoms with van der Waals surface area (Å²) in [6, 6.07) is 12.9. The fraction of sp³-hybridized carbons (Fsp3) is 0.286. The summed E-state index contributed by atoms with van der Waals surface area (Å²) in [4.78, 5) is 0. The van der Waals surface area contributed by atoms with E-state index in [4.69, 9.17) is 5.26 Å². The summed E-state index contributed by atoms with van der Waals surface area (Å²) >= 11 is 0. The second-order valence-electron chi connectivity index (χ2n) is 5.90. The molecule has 0 spiro atoms. The Hall–Kier alpha value is -2.54. The van der Waals surface area contributed by atoms with Crippen LogP contribution in [0.4, 0.5) is 13.2 Å². The van der Waals surface area contributed by atoms with Crippen molar-refractivity contribution in [1.29, 1.82) is 5.26 Å². The molecule has 2 aromatic carbocycles. The highest BCUT2D eigenvalue weighted by Gasteiger charge is 2.10. The molecule has 0 N–H and O–H groups in total. The number of allylic oxidation sites excluding steroid dienone is 1. The smallest absolute Gasteiger partial charge is 0.161 e. The third-order valence-corrected chi connectivity index (χ3v) is 4.10. The number of benzene rings is 2. The van der Waals surface area contributed by atoms with Crippen LogP contribution in [0.25, 0.3) is 5.83 Å². The van der Waals surface area contributed by atoms with E-state index in [0.29, 0.717) is 30.4 Å². The lowest BCUT2D eigenvalue weighted by Crippen LogP contribution is -1.98. The molecule has 130 valence electrons. The highest BCUT2D eigenvalue weighted by Crippen LogP contribution is 2.25. The van der Waals surface area contributed by atoms with Crippen LogP contribution in [0.1, 0.15) is 48.4 Å². The maximum Gasteiger partial charge on any atom is 0.161 e. The van der Waals surface area contributed by atoms with Gasteiger partial charge < -0.3 is 0 Å². The summed E-state index contributed by atoms with van der Waals surface area (Å²) in [5, 5.41) is 9.05. The predicted molar refractivity (Wildman–Crippen MR) is 93.6 cm³/mol. The van der Waals surface area contributed by atoms with Crippen LogP contribution in [-0.4, -0.2) is 0 Å². The summed E-state index contributed by atoms with van der Waals surface area (Å²) in [5.74, 6) is -1.94. The van der Waals surface area contributed by atoms with E-state index in [-0.39, 0.29) is 12.0 Å². The average Bonchev–Trinajstić information content (AvgIpc) is 2.64. The minimum atomic E-state index is -0.819. The Morgan fingerprint density at radius 1 is 1.04 bits per heavy atom. The van der Waals surface area contributed by atoms with Crippen LogP contribution in [-0.2, 0) is 12.8 Å². The van der Waals surface area contributed by atoms with Gasteiger partial charge in [-0.1, -0.05) is 43.7 Å². The number of unbranched alkanes of at least 4 members (excludes halogenated alkanes) is 1. The minimum Gasteiger partial charge on any atom is -0.209 e. The second kappa shape index (κ2) is 9.08. The summed E-state index contributed by atoms with van der Waals surface area (Å²) in [7, 11) is 0. The molecule has 0 unspecified atom stereocenters. The number of hydrogen-bond acceptors (Lipinski definition) is 1. The Morgan fingerprint density at radius 2 is 1.76 bits per heavy atom. The van der Waals surface area contributed by atoms with Crippen molar-refractivity contribution in [2.45, 2.75) is 39.0 Å². The lowest BCUT2D eigenvalue weighted by atomic mass is 9.99. The van der Waals surface area contributed by atoms with E-state index in [1.165, 1.54) is 24.3 Å². The highest BCUT2D eigenvalue weighted by molar-refractivity contribution is 5.61. The van der Waals surface area contributed by atoms with Gasteiger partial charge in [-0.25, -0.2) is 13.2 Å². The molecule has 0 aliphatic rings. The first kappa shape index (κ1) is 18.8. The van der Waals surface area contributed by atoms with Gasteiger partial charge in [-0.2, -0.15) is 5.26 Å². The first-order valence-electron chi connectivity index (χ1n) is 8.37. The van der Waals surface area contributed by atoms with Gasteiger partial charge in [0.15, 0.2) is 5.83 Å². The quantitative estimate of drug-likeness (QED) is 0.580. The Labute approximate surface area is 146 Å². The molecule has 0 aliphatic heterocycles. The van der Waals surface area contributed by atoms with Crippen molar-refractivity contribution in [2.75, 3.05) is 0 Å². The van der Waals surface area contributed by atoms with Gasteiger partial charge in [-0.05, 0) is 37.0 Å². The molecule has 25 heavy (non-hydrogen) atoms. The van der Waals surface area contributed by atoms with Crippen LogP contribution in [0.15, 0.2) is 48.3 Å². The van der Waals surface area contributed by atoms with Crippen molar-refractivity contribution in [3.8, 4) is 6.07 Å². The molecule has 0 atom stereocenters. The van der Waals surface area contributed by atoms with E-state index in [0.717, 1.165) is 12.0 Å². The van der Waals surface area contributed by atoms with Gasteiger partial charge in [0.1, 0.15) is 11.6 Å². The molecule has 2 rings (SSSR count). The first-order chi connectivity index (χ1) is 12.1. The van der Waals surface area contributed by atoms with E-state index < -0.39 is 17.5 Å². The molecular formula is C21H20F3N. The number of aryl methyl sites for hydroxylation is 1. The van der Waals surface area contributed by atoms with E-state index >= 15 is 0 Å². The van der Waals surface area contributed by atoms with Gasteiger partial charge >= 0.3 is 0 Å². The molecule has 0 aromatic heterocycles. The van der Waals surface area contributed by atoms with Gasteiger partial charge in [0, 0.05) is 17.5 Å². The van der Waals surface area contributed by atoms with E-state index in [2.05, 4.69) is 0 Å². The number of nitrogens with zero attached hydrogens (tertiary/aromatic N) is 1. The standard InChI is InChI=1S/C21H20F3N/c1-2-3-6-20(23)21(24)16-11-8-15(9-12-16)10-13-18-17(14-25)5-4-7-19(18)22/h4-5,7-9,11-12H,2-3,6,10,13H2,1H3. The molecule has 2 aromatic rings. The normalized spacial score (nSPS) is 11.8. The van der Waals surface area contributed by atoms with Crippen LogP contribution in [0.2, 0.25) is 0 Å². The van der Waals surface area contributed by atoms with Crippen molar-refractivity contribution in [2.24, 2.45) is 0 Å². The van der Waals surface area contributed by atoms with Gasteiger partial charge in [0.25, 0.3) is 0 Å². The van der Waals surface area contributed by atoms with Crippen LogP contribution in [0, 0.1) is 17.1 Å². The van der Waals surface area contributed by atoms with Gasteiger partial charge in [-0.3, -0.25) is 0 Å². The van der Waals surface area contributed by atoms with Gasteiger partial charge in [0.05, 0.1) is 11.6 Å². The maximum atomic E-state index is 14.0. The number of halogens is 3. The first-order valence-corrected chi connectivity index (χ1v) is 8.37. The third-order valence-electron chi connectivity index (χ3n) is 4.10. The Morgan fingerprint density at radius 3 is 2.40 bits per heavy atom. The Balaban J connectivity index is 2.08. The molecule has 0 amide bonds. The van der Waals surface area contributed by atoms with Crippen molar-refractivity contribution in [3.05, 3.63) is 76.4 Å². The SMILES string of the molecule is CCCCC(F)=C(F)c1ccc(CCc2c(F)cccc2C#N)cc1. The molecule has 0 saturated heterocycles. The fourth-order valence-corrected chi connectivity index (χ4v) is 2.60. The van der Waals surface area contributed by atoms with Crippen LogP contribution in [0.5, 0.6) is 0 Å². The topological polar surface area (TPSA) is 23.8 Å². The van der Waals surface area contributed by atoms with Gasteiger partial charge in [-0.15, -0.1) is 0 Å². The zero-order chi connectivity index (χ0) is 18.2. The van der Waals surface area contributed by atoms with E-state index in [1.54, 1.807) is 18.2 Å². The molecular weight excluding hydrogens is 323 g/mol. The Bertz CT molecular complexity index is 786. The maximum absolute atomic E-state index is 14.0. The van der Waals surface area contributed by atoms with Crippen LogP contribution in [0.3, 0.4) is 0 Å². The summed E-state index contributed by atoms with van der Waals surface area (Å²) in [6.07, 6.45) is 2.41. The lowest BCUT2D eigenvalue weighted by molar-refractivity contribution is 0.548. The molecule has 4 heteroatoms. The Kier molecular flexibility index (Phi) is 6.82. The zero-order valence-corrected chi connectivity index (χ0v) is 14.2. The second-order valence-corrected chi connectivity index (χ2v) is 5.90. The number of rotatable bonds is 7. The summed E-state index contributed by atoms with van der Waals surface area (Å²) in [6.45, 7) is 1.92. The van der Waals surface area contributed by atoms with Crippen molar-refractivity contribution < 1.29 is 13.2 Å². The van der Waals surface area contributed by atoms with E-state index in [1.807, 2.05) is 13.0 Å². The average molecular weight is 343 g/mol. The highest BCUT2D eigenvalue weighted by atomic mass is 19.2. The van der Waals surface area contributed by atoms with Crippen molar-refractivity contribution >= 4 is 5.83 Å². The van der Waals surface area contributed by atoms with Crippen molar-refractivity contribution in [1.82, 2.24) is 0 Å². The van der Waals surface area contributed by atoms with Gasteiger partial charge in [0.2, 0.25) is 0 Å². The molecule has 0 radical (unpaired) electrons. The van der Waals surface area contributed by atoms with Crippen LogP contribution >= 0.6 is 0 Å². The van der Waals surface area contributed by atoms with Crippen molar-refractivity contribution in [3.63, 3.8) is 0 Å². The monoisotopic (exact) mass is 343 g/mol. The number of nitriles is 1. The predicted octanol–water partition coefficient (Wildman–Crippen LogP) is 6.28. The van der Waals surface area contributed by atoms with Crippen LogP contribution < -0.4 is 0 Å². The van der Waals surface area contributed by atoms with E-state index in [9.17, 15) is 13.2 Å². The molecule has 0 fully saturated rings. The fourth-order valence-electron chi connectivity index (χ4n) is 2.60. The third kappa shape index (κ3) is 4.96. The summed E-state index contributed by atoms with van der Waals surface area (Å²) in [5.41, 5.74) is 1.79. The zero-order valence-electron chi connectivity index (χ0n) is 14.2. The molecule has 0 heterocycles. The molecule has 0 bridgehead atoms. The number of hydrogen-bond donors (Lipinski definition) is 0.